The van der Waals surface area contributed by atoms with Crippen molar-refractivity contribution in [3.8, 4) is 17.2 Å². The van der Waals surface area contributed by atoms with Crippen LogP contribution in [0.4, 0.5) is 5.82 Å². The molecule has 0 aliphatic heterocycles. The minimum absolute atomic E-state index is 0.211. The van der Waals surface area contributed by atoms with Gasteiger partial charge < -0.3 is 23.5 Å². The van der Waals surface area contributed by atoms with E-state index in [9.17, 15) is 4.57 Å². The average Bonchev–Trinajstić information content (AvgIpc) is 3.44. The molecule has 0 saturated carbocycles. The van der Waals surface area contributed by atoms with Gasteiger partial charge in [0.05, 0.1) is 18.2 Å². The first-order valence-electron chi connectivity index (χ1n) is 9.41. The van der Waals surface area contributed by atoms with Gasteiger partial charge in [0.15, 0.2) is 5.76 Å². The van der Waals surface area contributed by atoms with E-state index in [-0.39, 0.29) is 5.82 Å². The molecule has 0 fully saturated rings. The zero-order chi connectivity index (χ0) is 22.6. The number of rotatable bonds is 9. The van der Waals surface area contributed by atoms with Gasteiger partial charge in [0, 0.05) is 24.8 Å². The molecule has 4 aromatic rings. The number of aromatic nitrogens is 3. The highest BCUT2D eigenvalue weighted by Gasteiger charge is 2.20. The van der Waals surface area contributed by atoms with Gasteiger partial charge >= 0.3 is 7.82 Å². The molecule has 4 rings (SSSR count). The van der Waals surface area contributed by atoms with Gasteiger partial charge in [-0.25, -0.2) is 18.6 Å². The summed E-state index contributed by atoms with van der Waals surface area (Å²) in [5.74, 6) is 1.81. The molecule has 0 spiro atoms. The lowest BCUT2D eigenvalue weighted by atomic mass is 10.1. The predicted octanol–water partition coefficient (Wildman–Crippen LogP) is 2.44. The van der Waals surface area contributed by atoms with Crippen LogP contribution in [0.2, 0.25) is 0 Å². The number of hydrogen-bond acceptors (Lipinski definition) is 8. The van der Waals surface area contributed by atoms with E-state index in [1.165, 1.54) is 10.8 Å². The standard InChI is InChI=1S/C20H19N4O7P/c21-20-17(4-1-7-24(20)13-30-32(25,26)27)18-10-15(23-31-18)9-14-5-6-19(22-11-14)29-12-16-3-2-8-28-16/h1-8,10-11,21H,9,12-13H2,(H2,25,26,27)/p+1. The summed E-state index contributed by atoms with van der Waals surface area (Å²) in [7, 11) is -4.63. The summed E-state index contributed by atoms with van der Waals surface area (Å²) in [6.45, 7) is -0.116. The monoisotopic (exact) mass is 459 g/mol. The van der Waals surface area contributed by atoms with Gasteiger partial charge in [0.1, 0.15) is 17.9 Å². The van der Waals surface area contributed by atoms with Crippen LogP contribution in [-0.4, -0.2) is 19.9 Å². The molecule has 4 N–H and O–H groups in total. The molecule has 0 aliphatic carbocycles. The summed E-state index contributed by atoms with van der Waals surface area (Å²) in [6.07, 6.45) is 5.28. The van der Waals surface area contributed by atoms with Gasteiger partial charge in [-0.1, -0.05) is 11.2 Å². The van der Waals surface area contributed by atoms with Crippen molar-refractivity contribution in [2.24, 2.45) is 0 Å². The molecular formula is C20H20N4O7P+. The van der Waals surface area contributed by atoms with Crippen molar-refractivity contribution in [1.29, 1.82) is 0 Å². The fourth-order valence-electron chi connectivity index (χ4n) is 2.89. The molecule has 0 unspecified atom stereocenters. The van der Waals surface area contributed by atoms with Gasteiger partial charge in [-0.3, -0.25) is 5.73 Å². The highest BCUT2D eigenvalue weighted by Crippen LogP contribution is 2.35. The molecule has 4 aromatic heterocycles. The normalized spacial score (nSPS) is 11.6. The van der Waals surface area contributed by atoms with Crippen LogP contribution in [-0.2, 0) is 28.8 Å². The summed E-state index contributed by atoms with van der Waals surface area (Å²) >= 11 is 0. The lowest BCUT2D eigenvalue weighted by molar-refractivity contribution is -0.711. The minimum atomic E-state index is -4.63. The van der Waals surface area contributed by atoms with E-state index in [4.69, 9.17) is 29.2 Å². The number of phosphoric acid groups is 1. The first-order valence-corrected chi connectivity index (χ1v) is 10.9. The molecular weight excluding hydrogens is 439 g/mol. The van der Waals surface area contributed by atoms with Crippen molar-refractivity contribution in [2.45, 2.75) is 19.8 Å². The number of ether oxygens (including phenoxy) is 1. The van der Waals surface area contributed by atoms with Crippen LogP contribution < -0.4 is 15.0 Å². The van der Waals surface area contributed by atoms with E-state index in [1.54, 1.807) is 42.8 Å². The van der Waals surface area contributed by atoms with Crippen molar-refractivity contribution in [2.75, 3.05) is 5.73 Å². The molecule has 4 heterocycles. The van der Waals surface area contributed by atoms with Crippen LogP contribution >= 0.6 is 7.82 Å². The number of anilines is 1. The third-order valence-electron chi connectivity index (χ3n) is 4.43. The van der Waals surface area contributed by atoms with Crippen LogP contribution in [0.5, 0.6) is 5.88 Å². The molecule has 0 radical (unpaired) electrons. The maximum Gasteiger partial charge on any atom is 0.472 e. The Labute approximate surface area is 182 Å². The minimum Gasteiger partial charge on any atom is -0.469 e. The number of nitrogens with two attached hydrogens (primary N) is 1. The second-order valence-corrected chi connectivity index (χ2v) is 8.00. The quantitative estimate of drug-likeness (QED) is 0.251. The van der Waals surface area contributed by atoms with E-state index in [2.05, 4.69) is 14.7 Å². The Morgan fingerprint density at radius 2 is 2.06 bits per heavy atom. The van der Waals surface area contributed by atoms with Gasteiger partial charge in [0.2, 0.25) is 12.6 Å². The van der Waals surface area contributed by atoms with Crippen LogP contribution in [0.3, 0.4) is 0 Å². The highest BCUT2D eigenvalue weighted by molar-refractivity contribution is 7.46. The Morgan fingerprint density at radius 1 is 1.19 bits per heavy atom. The van der Waals surface area contributed by atoms with E-state index in [0.717, 1.165) is 5.56 Å². The van der Waals surface area contributed by atoms with Crippen molar-refractivity contribution >= 4 is 13.6 Å². The topological polar surface area (TPSA) is 158 Å². The summed E-state index contributed by atoms with van der Waals surface area (Å²) in [5, 5.41) is 4.07. The predicted molar refractivity (Wildman–Crippen MR) is 110 cm³/mol. The fraction of sp³-hybridized carbons (Fsp3) is 0.150. The molecule has 0 aliphatic rings. The lowest BCUT2D eigenvalue weighted by Crippen LogP contribution is -2.38. The number of nitrogen functional groups attached to an aromatic ring is 1. The Bertz CT molecular complexity index is 1220. The number of hydrogen-bond donors (Lipinski definition) is 3. The van der Waals surface area contributed by atoms with Crippen LogP contribution in [0.1, 0.15) is 17.0 Å². The Hall–Kier alpha value is -3.50. The molecule has 0 bridgehead atoms. The first-order chi connectivity index (χ1) is 15.4. The smallest absolute Gasteiger partial charge is 0.469 e. The summed E-state index contributed by atoms with van der Waals surface area (Å²) < 4.78 is 33.0. The highest BCUT2D eigenvalue weighted by atomic mass is 31.2. The zero-order valence-electron chi connectivity index (χ0n) is 16.7. The van der Waals surface area contributed by atoms with Gasteiger partial charge in [-0.2, -0.15) is 0 Å². The lowest BCUT2D eigenvalue weighted by Gasteiger charge is -2.07. The molecule has 166 valence electrons. The SMILES string of the molecule is Nc1c(-c2cc(Cc3ccc(OCc4ccco4)nc3)no2)ccc[n+]1COP(=O)(O)O. The second kappa shape index (κ2) is 9.33. The summed E-state index contributed by atoms with van der Waals surface area (Å²) in [6, 6.07) is 12.4. The molecule has 0 saturated heterocycles. The molecule has 0 aromatic carbocycles. The maximum atomic E-state index is 10.9. The molecule has 12 heteroatoms. The zero-order valence-corrected chi connectivity index (χ0v) is 17.6. The fourth-order valence-corrected chi connectivity index (χ4v) is 3.17. The van der Waals surface area contributed by atoms with Crippen LogP contribution in [0, 0.1) is 0 Å². The number of pyridine rings is 2. The first kappa shape index (κ1) is 21.7. The van der Waals surface area contributed by atoms with Crippen molar-refractivity contribution < 1.29 is 37.1 Å². The van der Waals surface area contributed by atoms with Gasteiger partial charge in [0.25, 0.3) is 5.82 Å². The summed E-state index contributed by atoms with van der Waals surface area (Å²) in [5.41, 5.74) is 8.18. The van der Waals surface area contributed by atoms with Crippen LogP contribution in [0.15, 0.2) is 70.1 Å². The third-order valence-corrected chi connectivity index (χ3v) is 4.88. The molecule has 11 nitrogen and oxygen atoms in total. The molecule has 32 heavy (non-hydrogen) atoms. The molecule has 0 amide bonds. The average molecular weight is 459 g/mol. The van der Waals surface area contributed by atoms with E-state index in [0.29, 0.717) is 41.7 Å². The molecule has 0 atom stereocenters. The Balaban J connectivity index is 1.41. The van der Waals surface area contributed by atoms with E-state index < -0.39 is 14.6 Å². The van der Waals surface area contributed by atoms with Crippen molar-refractivity contribution in [3.05, 3.63) is 78.1 Å². The summed E-state index contributed by atoms with van der Waals surface area (Å²) in [4.78, 5) is 22.0. The number of nitrogens with zero attached hydrogens (tertiary/aromatic N) is 3. The van der Waals surface area contributed by atoms with E-state index in [1.807, 2.05) is 12.1 Å². The van der Waals surface area contributed by atoms with Crippen molar-refractivity contribution in [1.82, 2.24) is 10.1 Å². The second-order valence-electron chi connectivity index (χ2n) is 6.76. The van der Waals surface area contributed by atoms with E-state index >= 15 is 0 Å². The van der Waals surface area contributed by atoms with Gasteiger partial charge in [-0.15, -0.1) is 0 Å². The third kappa shape index (κ3) is 5.59. The maximum absolute atomic E-state index is 10.9. The van der Waals surface area contributed by atoms with Crippen LogP contribution in [0.25, 0.3) is 11.3 Å². The van der Waals surface area contributed by atoms with Gasteiger partial charge in [-0.05, 0) is 29.8 Å². The Kier molecular flexibility index (Phi) is 6.33. The number of phosphoric ester groups is 1. The number of furan rings is 1. The largest absolute Gasteiger partial charge is 0.472 e. The van der Waals surface area contributed by atoms with Crippen molar-refractivity contribution in [3.63, 3.8) is 0 Å². The Morgan fingerprint density at radius 3 is 2.78 bits per heavy atom.